The largest absolute Gasteiger partial charge is 0.497 e. The van der Waals surface area contributed by atoms with Crippen LogP contribution in [0.25, 0.3) is 11.1 Å². The molecule has 0 spiro atoms. The summed E-state index contributed by atoms with van der Waals surface area (Å²) in [4.78, 5) is 2.75. The first-order valence-electron chi connectivity index (χ1n) is 7.84. The smallest absolute Gasteiger partial charge is 0.122 e. The van der Waals surface area contributed by atoms with Crippen LogP contribution in [0, 0.1) is 27.3 Å². The summed E-state index contributed by atoms with van der Waals surface area (Å²) in [5, 5.41) is 22.1. The molecule has 0 saturated carbocycles. The first-order valence-corrected chi connectivity index (χ1v) is 8.70. The maximum atomic E-state index is 9.29. The van der Waals surface area contributed by atoms with E-state index in [1.165, 1.54) is 0 Å². The molecule has 0 bridgehead atoms. The second-order valence-electron chi connectivity index (χ2n) is 5.24. The summed E-state index contributed by atoms with van der Waals surface area (Å²) < 4.78 is 10.4. The highest BCUT2D eigenvalue weighted by Crippen LogP contribution is 2.31. The van der Waals surface area contributed by atoms with Gasteiger partial charge >= 0.3 is 0 Å². The minimum absolute atomic E-state index is 0.263. The molecule has 134 valence electrons. The molecule has 1 fully saturated rings. The number of benzene rings is 1. The molecule has 26 heavy (non-hydrogen) atoms. The van der Waals surface area contributed by atoms with E-state index < -0.39 is 0 Å². The van der Waals surface area contributed by atoms with Gasteiger partial charge in [-0.15, -0.1) is 12.6 Å². The Balaban J connectivity index is 0.000000342. The Morgan fingerprint density at radius 3 is 2.15 bits per heavy atom. The topological polar surface area (TPSA) is 93.9 Å². The highest BCUT2D eigenvalue weighted by atomic mass is 32.1. The second-order valence-corrected chi connectivity index (χ2v) is 6.10. The van der Waals surface area contributed by atoms with Gasteiger partial charge in [0.15, 0.2) is 0 Å². The summed E-state index contributed by atoms with van der Waals surface area (Å²) in [6, 6.07) is 11.2. The van der Waals surface area contributed by atoms with Crippen molar-refractivity contribution in [3.05, 3.63) is 40.0 Å². The van der Waals surface area contributed by atoms with E-state index in [1.807, 2.05) is 6.07 Å². The fraction of sp³-hybridized carbons (Fsp3) is 0.278. The van der Waals surface area contributed by atoms with E-state index in [0.29, 0.717) is 27.5 Å². The standard InChI is InChI=1S/C14H9N3OS2.C4H9NO/c1-18-9-4-2-8(3-5-9)12-10(6-15)13(19)17-14(20)11(12)7-16;1-3-6-4-2-5-1/h2-5H,1H3,(H2,17,19,20);5H,1-4H2. The van der Waals surface area contributed by atoms with Crippen LogP contribution in [0.2, 0.25) is 0 Å². The molecule has 1 aliphatic heterocycles. The van der Waals surface area contributed by atoms with Gasteiger partial charge in [0.2, 0.25) is 0 Å². The number of nitriles is 2. The molecule has 1 aliphatic rings. The van der Waals surface area contributed by atoms with Gasteiger partial charge in [-0.3, -0.25) is 0 Å². The van der Waals surface area contributed by atoms with E-state index in [4.69, 9.17) is 21.7 Å². The summed E-state index contributed by atoms with van der Waals surface area (Å²) in [7, 11) is 1.57. The molecule has 2 N–H and O–H groups in total. The van der Waals surface area contributed by atoms with Gasteiger partial charge in [-0.2, -0.15) is 10.5 Å². The van der Waals surface area contributed by atoms with Crippen molar-refractivity contribution in [3.8, 4) is 29.0 Å². The number of ether oxygens (including phenoxy) is 2. The maximum Gasteiger partial charge on any atom is 0.122 e. The molecule has 1 aromatic carbocycles. The minimum atomic E-state index is 0.263. The zero-order chi connectivity index (χ0) is 18.9. The number of hydrogen-bond donors (Lipinski definition) is 3. The van der Waals surface area contributed by atoms with Crippen LogP contribution in [0.5, 0.6) is 5.75 Å². The zero-order valence-corrected chi connectivity index (χ0v) is 15.9. The van der Waals surface area contributed by atoms with Crippen molar-refractivity contribution in [2.75, 3.05) is 33.4 Å². The molecule has 0 aliphatic carbocycles. The molecular weight excluding hydrogens is 368 g/mol. The monoisotopic (exact) mass is 386 g/mol. The van der Waals surface area contributed by atoms with E-state index in [0.717, 1.165) is 26.3 Å². The van der Waals surface area contributed by atoms with Gasteiger partial charge in [-0.25, -0.2) is 0 Å². The van der Waals surface area contributed by atoms with Crippen LogP contribution in [0.15, 0.2) is 29.3 Å². The van der Waals surface area contributed by atoms with E-state index in [-0.39, 0.29) is 10.2 Å². The fourth-order valence-corrected chi connectivity index (χ4v) is 2.97. The molecule has 2 heterocycles. The van der Waals surface area contributed by atoms with Crippen molar-refractivity contribution in [2.24, 2.45) is 0 Å². The SMILES string of the molecule is C1COCCN1.COc1ccc(-c2c(C#N)c(S)[nH]c(=S)c2C#N)cc1. The van der Waals surface area contributed by atoms with Gasteiger partial charge in [-0.05, 0) is 17.7 Å². The van der Waals surface area contributed by atoms with Crippen molar-refractivity contribution in [2.45, 2.75) is 5.03 Å². The van der Waals surface area contributed by atoms with E-state index in [9.17, 15) is 10.5 Å². The Hall–Kier alpha value is -2.36. The molecule has 1 saturated heterocycles. The summed E-state index contributed by atoms with van der Waals surface area (Å²) in [5.41, 5.74) is 1.77. The van der Waals surface area contributed by atoms with Crippen LogP contribution < -0.4 is 10.1 Å². The Morgan fingerprint density at radius 1 is 1.12 bits per heavy atom. The fourth-order valence-electron chi connectivity index (χ4n) is 2.37. The van der Waals surface area contributed by atoms with Crippen LogP contribution in [-0.2, 0) is 4.74 Å². The predicted molar refractivity (Wildman–Crippen MR) is 104 cm³/mol. The lowest BCUT2D eigenvalue weighted by Gasteiger charge is -2.10. The Kier molecular flexibility index (Phi) is 7.64. The number of H-pyrrole nitrogens is 1. The molecule has 6 nitrogen and oxygen atoms in total. The normalized spacial score (nSPS) is 12.9. The van der Waals surface area contributed by atoms with Gasteiger partial charge in [-0.1, -0.05) is 24.4 Å². The number of nitrogens with one attached hydrogen (secondary N) is 2. The van der Waals surface area contributed by atoms with Gasteiger partial charge in [0.1, 0.15) is 22.5 Å². The average Bonchev–Trinajstić information content (AvgIpc) is 2.69. The van der Waals surface area contributed by atoms with Crippen molar-refractivity contribution >= 4 is 24.8 Å². The lowest BCUT2D eigenvalue weighted by molar-refractivity contribution is 0.109. The molecule has 0 amide bonds. The van der Waals surface area contributed by atoms with E-state index in [1.54, 1.807) is 31.4 Å². The summed E-state index contributed by atoms with van der Waals surface area (Å²) in [6.45, 7) is 3.83. The number of thiol groups is 1. The second kappa shape index (κ2) is 9.95. The number of aromatic nitrogens is 1. The predicted octanol–water partition coefficient (Wildman–Crippen LogP) is 3.06. The van der Waals surface area contributed by atoms with Gasteiger partial charge in [0, 0.05) is 18.7 Å². The quantitative estimate of drug-likeness (QED) is 0.542. The average molecular weight is 387 g/mol. The molecule has 1 aromatic heterocycles. The Bertz CT molecular complexity index is 880. The van der Waals surface area contributed by atoms with Crippen LogP contribution in [0.1, 0.15) is 11.1 Å². The van der Waals surface area contributed by atoms with Gasteiger partial charge < -0.3 is 19.8 Å². The summed E-state index contributed by atoms with van der Waals surface area (Å²) >= 11 is 9.33. The number of hydrogen-bond acceptors (Lipinski definition) is 7. The summed E-state index contributed by atoms with van der Waals surface area (Å²) in [6.07, 6.45) is 0. The van der Waals surface area contributed by atoms with Crippen LogP contribution in [0.3, 0.4) is 0 Å². The highest BCUT2D eigenvalue weighted by molar-refractivity contribution is 7.80. The molecule has 8 heteroatoms. The number of morpholine rings is 1. The van der Waals surface area contributed by atoms with Crippen molar-refractivity contribution in [1.82, 2.24) is 10.3 Å². The number of pyridine rings is 1. The molecule has 3 rings (SSSR count). The van der Waals surface area contributed by atoms with Crippen molar-refractivity contribution in [1.29, 1.82) is 10.5 Å². The van der Waals surface area contributed by atoms with Gasteiger partial charge in [0.25, 0.3) is 0 Å². The third-order valence-corrected chi connectivity index (χ3v) is 4.29. The van der Waals surface area contributed by atoms with Gasteiger partial charge in [0.05, 0.1) is 36.5 Å². The Labute approximate surface area is 162 Å². The number of rotatable bonds is 2. The third-order valence-electron chi connectivity index (χ3n) is 3.64. The number of methoxy groups -OCH3 is 1. The minimum Gasteiger partial charge on any atom is -0.497 e. The third kappa shape index (κ3) is 4.84. The number of aromatic amines is 1. The zero-order valence-electron chi connectivity index (χ0n) is 14.2. The molecule has 0 radical (unpaired) electrons. The van der Waals surface area contributed by atoms with Crippen molar-refractivity contribution in [3.63, 3.8) is 0 Å². The lowest BCUT2D eigenvalue weighted by Crippen LogP contribution is -2.30. The molecular formula is C18H18N4O2S2. The van der Waals surface area contributed by atoms with E-state index in [2.05, 4.69) is 29.0 Å². The van der Waals surface area contributed by atoms with Crippen LogP contribution in [0.4, 0.5) is 0 Å². The molecule has 0 unspecified atom stereocenters. The van der Waals surface area contributed by atoms with Crippen molar-refractivity contribution < 1.29 is 9.47 Å². The van der Waals surface area contributed by atoms with Crippen LogP contribution >= 0.6 is 24.8 Å². The first-order chi connectivity index (χ1) is 12.6. The lowest BCUT2D eigenvalue weighted by atomic mass is 9.97. The maximum absolute atomic E-state index is 9.29. The first kappa shape index (κ1) is 20.0. The van der Waals surface area contributed by atoms with Crippen LogP contribution in [-0.4, -0.2) is 38.4 Å². The molecule has 0 atom stereocenters. The summed E-state index contributed by atoms with van der Waals surface area (Å²) in [5.74, 6) is 0.693. The molecule has 2 aromatic rings. The Morgan fingerprint density at radius 2 is 1.73 bits per heavy atom. The highest BCUT2D eigenvalue weighted by Gasteiger charge is 2.16. The van der Waals surface area contributed by atoms with E-state index >= 15 is 0 Å². The number of nitrogens with zero attached hydrogens (tertiary/aromatic N) is 2.